The quantitative estimate of drug-likeness (QED) is 0.657. The lowest BCUT2D eigenvalue weighted by Gasteiger charge is -2.35. The van der Waals surface area contributed by atoms with Crippen molar-refractivity contribution in [2.75, 3.05) is 13.1 Å². The van der Waals surface area contributed by atoms with E-state index >= 15 is 0 Å². The number of hydrogen-bond acceptors (Lipinski definition) is 2. The zero-order valence-corrected chi connectivity index (χ0v) is 12.0. The third kappa shape index (κ3) is 5.87. The van der Waals surface area contributed by atoms with Crippen LogP contribution in [0.5, 0.6) is 0 Å². The second kappa shape index (κ2) is 8.93. The Morgan fingerprint density at radius 2 is 1.59 bits per heavy atom. The van der Waals surface area contributed by atoms with Crippen LogP contribution in [0.15, 0.2) is 0 Å². The van der Waals surface area contributed by atoms with E-state index in [0.29, 0.717) is 6.04 Å². The van der Waals surface area contributed by atoms with Crippen LogP contribution in [0.2, 0.25) is 0 Å². The Hall–Kier alpha value is -0.0800. The molecule has 0 aromatic heterocycles. The van der Waals surface area contributed by atoms with Crippen LogP contribution < -0.4 is 5.73 Å². The monoisotopic (exact) mass is 240 g/mol. The van der Waals surface area contributed by atoms with E-state index in [1.807, 2.05) is 0 Å². The van der Waals surface area contributed by atoms with Crippen LogP contribution in [0.4, 0.5) is 0 Å². The average molecular weight is 240 g/mol. The molecule has 1 fully saturated rings. The molecule has 0 aliphatic heterocycles. The van der Waals surface area contributed by atoms with Gasteiger partial charge in [-0.05, 0) is 45.2 Å². The summed E-state index contributed by atoms with van der Waals surface area (Å²) in [7, 11) is 0. The summed E-state index contributed by atoms with van der Waals surface area (Å²) in [5, 5.41) is 0. The van der Waals surface area contributed by atoms with Crippen molar-refractivity contribution in [3.05, 3.63) is 0 Å². The number of nitrogens with zero attached hydrogens (tertiary/aromatic N) is 1. The molecule has 0 unspecified atom stereocenters. The molecule has 0 bridgehead atoms. The minimum absolute atomic E-state index is 0.481. The Bertz CT molecular complexity index is 174. The smallest absolute Gasteiger partial charge is 0.00962 e. The Morgan fingerprint density at radius 1 is 0.941 bits per heavy atom. The van der Waals surface area contributed by atoms with Crippen molar-refractivity contribution in [2.45, 2.75) is 83.7 Å². The number of rotatable bonds is 8. The predicted octanol–water partition coefficient (Wildman–Crippen LogP) is 3.55. The standard InChI is InChI=1S/C15H32N2/c1-3-5-6-7-8-13-17(4-2)15-11-9-14(16)10-12-15/h14-15H,3-13,16H2,1-2H3. The maximum Gasteiger partial charge on any atom is 0.00962 e. The Morgan fingerprint density at radius 3 is 2.18 bits per heavy atom. The molecule has 2 nitrogen and oxygen atoms in total. The fourth-order valence-corrected chi connectivity index (χ4v) is 2.98. The van der Waals surface area contributed by atoms with Crippen molar-refractivity contribution in [1.82, 2.24) is 4.90 Å². The van der Waals surface area contributed by atoms with E-state index in [-0.39, 0.29) is 0 Å². The van der Waals surface area contributed by atoms with Crippen molar-refractivity contribution in [3.8, 4) is 0 Å². The third-order valence-electron chi connectivity index (χ3n) is 4.21. The highest BCUT2D eigenvalue weighted by Gasteiger charge is 2.22. The molecule has 2 heteroatoms. The molecule has 1 aliphatic carbocycles. The lowest BCUT2D eigenvalue weighted by molar-refractivity contribution is 0.154. The van der Waals surface area contributed by atoms with Gasteiger partial charge in [0, 0.05) is 12.1 Å². The van der Waals surface area contributed by atoms with Crippen LogP contribution in [0.25, 0.3) is 0 Å². The minimum atomic E-state index is 0.481. The van der Waals surface area contributed by atoms with Crippen LogP contribution >= 0.6 is 0 Å². The van der Waals surface area contributed by atoms with Crippen LogP contribution in [-0.2, 0) is 0 Å². The molecular formula is C15H32N2. The molecule has 1 aliphatic rings. The third-order valence-corrected chi connectivity index (χ3v) is 4.21. The van der Waals surface area contributed by atoms with Crippen molar-refractivity contribution in [3.63, 3.8) is 0 Å². The normalized spacial score (nSPS) is 25.4. The first-order valence-electron chi connectivity index (χ1n) is 7.77. The Kier molecular flexibility index (Phi) is 7.87. The highest BCUT2D eigenvalue weighted by molar-refractivity contribution is 4.80. The summed E-state index contributed by atoms with van der Waals surface area (Å²) < 4.78 is 0. The van der Waals surface area contributed by atoms with Gasteiger partial charge in [-0.2, -0.15) is 0 Å². The number of nitrogens with two attached hydrogens (primary N) is 1. The van der Waals surface area contributed by atoms with Crippen LogP contribution in [0.1, 0.15) is 71.6 Å². The van der Waals surface area contributed by atoms with Gasteiger partial charge in [0.25, 0.3) is 0 Å². The molecule has 0 heterocycles. The van der Waals surface area contributed by atoms with Gasteiger partial charge in [0.1, 0.15) is 0 Å². The first-order valence-corrected chi connectivity index (χ1v) is 7.77. The number of unbranched alkanes of at least 4 members (excludes halogenated alkanes) is 4. The molecule has 2 N–H and O–H groups in total. The molecule has 0 radical (unpaired) electrons. The van der Waals surface area contributed by atoms with Gasteiger partial charge < -0.3 is 10.6 Å². The molecule has 0 atom stereocenters. The molecule has 0 amide bonds. The van der Waals surface area contributed by atoms with E-state index in [2.05, 4.69) is 18.7 Å². The average Bonchev–Trinajstić information content (AvgIpc) is 2.35. The molecule has 17 heavy (non-hydrogen) atoms. The maximum atomic E-state index is 5.98. The minimum Gasteiger partial charge on any atom is -0.328 e. The van der Waals surface area contributed by atoms with Crippen LogP contribution in [0.3, 0.4) is 0 Å². The predicted molar refractivity (Wildman–Crippen MR) is 76.2 cm³/mol. The van der Waals surface area contributed by atoms with Crippen LogP contribution in [-0.4, -0.2) is 30.1 Å². The summed E-state index contributed by atoms with van der Waals surface area (Å²) in [6, 6.07) is 1.31. The van der Waals surface area contributed by atoms with Gasteiger partial charge in [0.05, 0.1) is 0 Å². The highest BCUT2D eigenvalue weighted by Crippen LogP contribution is 2.22. The van der Waals surface area contributed by atoms with Gasteiger partial charge in [0.15, 0.2) is 0 Å². The van der Waals surface area contributed by atoms with Gasteiger partial charge in [-0.3, -0.25) is 0 Å². The van der Waals surface area contributed by atoms with E-state index in [9.17, 15) is 0 Å². The summed E-state index contributed by atoms with van der Waals surface area (Å²) in [5.74, 6) is 0. The molecule has 0 saturated heterocycles. The summed E-state index contributed by atoms with van der Waals surface area (Å²) in [5.41, 5.74) is 5.98. The number of hydrogen-bond donors (Lipinski definition) is 1. The summed E-state index contributed by atoms with van der Waals surface area (Å²) in [6.45, 7) is 7.11. The second-order valence-corrected chi connectivity index (χ2v) is 5.61. The van der Waals surface area contributed by atoms with Crippen molar-refractivity contribution < 1.29 is 0 Å². The van der Waals surface area contributed by atoms with E-state index in [4.69, 9.17) is 5.73 Å². The Balaban J connectivity index is 2.14. The SMILES string of the molecule is CCCCCCCN(CC)C1CCC(N)CC1. The van der Waals surface area contributed by atoms with Crippen molar-refractivity contribution in [2.24, 2.45) is 5.73 Å². The fraction of sp³-hybridized carbons (Fsp3) is 1.00. The lowest BCUT2D eigenvalue weighted by atomic mass is 9.90. The van der Waals surface area contributed by atoms with Gasteiger partial charge in [-0.25, -0.2) is 0 Å². The summed E-state index contributed by atoms with van der Waals surface area (Å²) in [4.78, 5) is 2.69. The molecule has 1 saturated carbocycles. The largest absolute Gasteiger partial charge is 0.328 e. The van der Waals surface area contributed by atoms with Gasteiger partial charge >= 0.3 is 0 Å². The van der Waals surface area contributed by atoms with Gasteiger partial charge in [-0.15, -0.1) is 0 Å². The van der Waals surface area contributed by atoms with Gasteiger partial charge in [0.2, 0.25) is 0 Å². The molecule has 102 valence electrons. The van der Waals surface area contributed by atoms with E-state index in [0.717, 1.165) is 6.04 Å². The van der Waals surface area contributed by atoms with E-state index in [1.165, 1.54) is 70.9 Å². The van der Waals surface area contributed by atoms with Crippen molar-refractivity contribution >= 4 is 0 Å². The van der Waals surface area contributed by atoms with Crippen LogP contribution in [0, 0.1) is 0 Å². The summed E-state index contributed by atoms with van der Waals surface area (Å²) >= 11 is 0. The topological polar surface area (TPSA) is 29.3 Å². The van der Waals surface area contributed by atoms with Gasteiger partial charge in [-0.1, -0.05) is 39.5 Å². The molecule has 0 spiro atoms. The molecule has 0 aromatic carbocycles. The first kappa shape index (κ1) is 15.0. The van der Waals surface area contributed by atoms with Crippen molar-refractivity contribution in [1.29, 1.82) is 0 Å². The zero-order chi connectivity index (χ0) is 12.5. The van der Waals surface area contributed by atoms with E-state index in [1.54, 1.807) is 0 Å². The first-order chi connectivity index (χ1) is 8.27. The maximum absolute atomic E-state index is 5.98. The highest BCUT2D eigenvalue weighted by atomic mass is 15.1. The fourth-order valence-electron chi connectivity index (χ4n) is 2.98. The second-order valence-electron chi connectivity index (χ2n) is 5.61. The molecule has 0 aromatic rings. The molecular weight excluding hydrogens is 208 g/mol. The molecule has 1 rings (SSSR count). The Labute approximate surface area is 108 Å². The lowest BCUT2D eigenvalue weighted by Crippen LogP contribution is -2.41. The van der Waals surface area contributed by atoms with E-state index < -0.39 is 0 Å². The zero-order valence-electron chi connectivity index (χ0n) is 12.0. The summed E-state index contributed by atoms with van der Waals surface area (Å²) in [6.07, 6.45) is 12.1.